The summed E-state index contributed by atoms with van der Waals surface area (Å²) in [5.74, 6) is 1.06. The van der Waals surface area contributed by atoms with Gasteiger partial charge in [-0.15, -0.1) is 23.1 Å². The van der Waals surface area contributed by atoms with Crippen molar-refractivity contribution in [3.8, 4) is 0 Å². The highest BCUT2D eigenvalue weighted by atomic mass is 32.2. The average molecular weight is 276 g/mol. The Kier molecular flexibility index (Phi) is 3.73. The van der Waals surface area contributed by atoms with Gasteiger partial charge in [0.1, 0.15) is 0 Å². The van der Waals surface area contributed by atoms with Gasteiger partial charge in [0.15, 0.2) is 0 Å². The molecule has 1 nitrogen and oxygen atoms in total. The SMILES string of the molecule is COC1CCc2c1csc2SCc1ccccc1. The number of fused-ring (bicyclic) bond motifs is 1. The first-order valence-electron chi connectivity index (χ1n) is 6.18. The van der Waals surface area contributed by atoms with Gasteiger partial charge in [-0.3, -0.25) is 0 Å². The summed E-state index contributed by atoms with van der Waals surface area (Å²) >= 11 is 3.83. The molecule has 1 atom stereocenters. The number of ether oxygens (including phenoxy) is 1. The summed E-state index contributed by atoms with van der Waals surface area (Å²) in [6.07, 6.45) is 2.66. The van der Waals surface area contributed by atoms with E-state index in [2.05, 4.69) is 35.7 Å². The van der Waals surface area contributed by atoms with Crippen molar-refractivity contribution in [2.24, 2.45) is 0 Å². The first kappa shape index (κ1) is 12.3. The zero-order valence-electron chi connectivity index (χ0n) is 10.4. The highest BCUT2D eigenvalue weighted by molar-refractivity contribution is 8.00. The Hall–Kier alpha value is -0.770. The maximum absolute atomic E-state index is 5.51. The maximum Gasteiger partial charge on any atom is 0.0835 e. The Labute approximate surface area is 116 Å². The highest BCUT2D eigenvalue weighted by Crippen LogP contribution is 2.43. The molecule has 0 spiro atoms. The van der Waals surface area contributed by atoms with Crippen LogP contribution in [0, 0.1) is 0 Å². The minimum absolute atomic E-state index is 0.335. The maximum atomic E-state index is 5.51. The Morgan fingerprint density at radius 1 is 1.33 bits per heavy atom. The van der Waals surface area contributed by atoms with Crippen molar-refractivity contribution in [1.82, 2.24) is 0 Å². The molecule has 0 saturated carbocycles. The predicted molar refractivity (Wildman–Crippen MR) is 78.4 cm³/mol. The van der Waals surface area contributed by atoms with Crippen LogP contribution in [0.4, 0.5) is 0 Å². The van der Waals surface area contributed by atoms with Gasteiger partial charge in [0.05, 0.1) is 10.3 Å². The third kappa shape index (κ3) is 2.35. The number of methoxy groups -OCH3 is 1. The standard InChI is InChI=1S/C15H16OS2/c1-16-14-8-7-12-13(14)10-18-15(12)17-9-11-5-3-2-4-6-11/h2-6,10,14H,7-9H2,1H3. The molecule has 3 heteroatoms. The summed E-state index contributed by atoms with van der Waals surface area (Å²) in [5.41, 5.74) is 4.36. The van der Waals surface area contributed by atoms with E-state index in [0.717, 1.165) is 12.2 Å². The zero-order chi connectivity index (χ0) is 12.4. The summed E-state index contributed by atoms with van der Waals surface area (Å²) < 4.78 is 6.99. The van der Waals surface area contributed by atoms with E-state index < -0.39 is 0 Å². The molecule has 0 bridgehead atoms. The second-order valence-corrected chi connectivity index (χ2v) is 6.62. The Balaban J connectivity index is 1.71. The van der Waals surface area contributed by atoms with Gasteiger partial charge in [-0.1, -0.05) is 30.3 Å². The third-order valence-electron chi connectivity index (χ3n) is 3.39. The highest BCUT2D eigenvalue weighted by Gasteiger charge is 2.26. The molecule has 1 aromatic carbocycles. The molecule has 1 aliphatic carbocycles. The molecule has 0 fully saturated rings. The van der Waals surface area contributed by atoms with Crippen molar-refractivity contribution < 1.29 is 4.74 Å². The number of thiophene rings is 1. The molecule has 0 amide bonds. The number of rotatable bonds is 4. The molecule has 94 valence electrons. The van der Waals surface area contributed by atoms with Gasteiger partial charge < -0.3 is 4.74 Å². The lowest BCUT2D eigenvalue weighted by Gasteiger charge is -2.05. The van der Waals surface area contributed by atoms with Crippen LogP contribution in [0.3, 0.4) is 0 Å². The average Bonchev–Trinajstić information content (AvgIpc) is 2.99. The fourth-order valence-electron chi connectivity index (χ4n) is 2.41. The molecule has 1 unspecified atom stereocenters. The molecule has 0 aliphatic heterocycles. The van der Waals surface area contributed by atoms with E-state index in [1.807, 2.05) is 30.2 Å². The molecule has 1 aliphatic rings. The second-order valence-electron chi connectivity index (χ2n) is 4.49. The number of thioether (sulfide) groups is 1. The Morgan fingerprint density at radius 3 is 2.94 bits per heavy atom. The van der Waals surface area contributed by atoms with E-state index in [0.29, 0.717) is 6.10 Å². The van der Waals surface area contributed by atoms with E-state index in [1.165, 1.54) is 27.3 Å². The van der Waals surface area contributed by atoms with E-state index in [9.17, 15) is 0 Å². The summed E-state index contributed by atoms with van der Waals surface area (Å²) in [4.78, 5) is 0. The van der Waals surface area contributed by atoms with E-state index in [1.54, 1.807) is 0 Å². The predicted octanol–water partition coefficient (Wildman–Crippen LogP) is 4.67. The third-order valence-corrected chi connectivity index (χ3v) is 5.85. The second kappa shape index (κ2) is 5.47. The lowest BCUT2D eigenvalue weighted by Crippen LogP contribution is -1.92. The van der Waals surface area contributed by atoms with Gasteiger partial charge in [0.2, 0.25) is 0 Å². The van der Waals surface area contributed by atoms with Gasteiger partial charge in [-0.2, -0.15) is 0 Å². The van der Waals surface area contributed by atoms with Crippen LogP contribution >= 0.6 is 23.1 Å². The molecular weight excluding hydrogens is 260 g/mol. The fraction of sp³-hybridized carbons (Fsp3) is 0.333. The Bertz CT molecular complexity index is 519. The van der Waals surface area contributed by atoms with E-state index in [-0.39, 0.29) is 0 Å². The normalized spacial score (nSPS) is 17.9. The summed E-state index contributed by atoms with van der Waals surface area (Å²) in [7, 11) is 1.81. The molecular formula is C15H16OS2. The Morgan fingerprint density at radius 2 is 2.17 bits per heavy atom. The minimum Gasteiger partial charge on any atom is -0.377 e. The summed E-state index contributed by atoms with van der Waals surface area (Å²) in [5, 5.41) is 2.28. The van der Waals surface area contributed by atoms with Crippen molar-refractivity contribution in [2.45, 2.75) is 28.9 Å². The molecule has 1 aromatic heterocycles. The van der Waals surface area contributed by atoms with Gasteiger partial charge in [0.25, 0.3) is 0 Å². The van der Waals surface area contributed by atoms with Crippen LogP contribution < -0.4 is 0 Å². The van der Waals surface area contributed by atoms with Crippen LogP contribution in [0.25, 0.3) is 0 Å². The smallest absolute Gasteiger partial charge is 0.0835 e. The topological polar surface area (TPSA) is 9.23 Å². The molecule has 0 saturated heterocycles. The van der Waals surface area contributed by atoms with Gasteiger partial charge in [-0.25, -0.2) is 0 Å². The van der Waals surface area contributed by atoms with Crippen LogP contribution in [-0.4, -0.2) is 7.11 Å². The van der Waals surface area contributed by atoms with Gasteiger partial charge in [-0.05, 0) is 34.9 Å². The van der Waals surface area contributed by atoms with Crippen LogP contribution in [0.15, 0.2) is 39.9 Å². The van der Waals surface area contributed by atoms with Crippen LogP contribution in [-0.2, 0) is 16.9 Å². The van der Waals surface area contributed by atoms with Gasteiger partial charge >= 0.3 is 0 Å². The summed E-state index contributed by atoms with van der Waals surface area (Å²) in [6, 6.07) is 10.7. The molecule has 0 N–H and O–H groups in total. The van der Waals surface area contributed by atoms with Gasteiger partial charge in [0, 0.05) is 12.9 Å². The van der Waals surface area contributed by atoms with Crippen molar-refractivity contribution in [2.75, 3.05) is 7.11 Å². The first-order valence-corrected chi connectivity index (χ1v) is 8.05. The van der Waals surface area contributed by atoms with Crippen LogP contribution in [0.5, 0.6) is 0 Å². The fourth-order valence-corrected chi connectivity index (χ4v) is 4.78. The number of benzene rings is 1. The van der Waals surface area contributed by atoms with E-state index >= 15 is 0 Å². The molecule has 3 rings (SSSR count). The van der Waals surface area contributed by atoms with Crippen molar-refractivity contribution >= 4 is 23.1 Å². The number of hydrogen-bond donors (Lipinski definition) is 0. The number of hydrogen-bond acceptors (Lipinski definition) is 3. The molecule has 18 heavy (non-hydrogen) atoms. The molecule has 2 aromatic rings. The largest absolute Gasteiger partial charge is 0.377 e. The minimum atomic E-state index is 0.335. The molecule has 0 radical (unpaired) electrons. The van der Waals surface area contributed by atoms with Crippen molar-refractivity contribution in [1.29, 1.82) is 0 Å². The lowest BCUT2D eigenvalue weighted by atomic mass is 10.2. The first-order chi connectivity index (χ1) is 8.88. The summed E-state index contributed by atoms with van der Waals surface area (Å²) in [6.45, 7) is 0. The van der Waals surface area contributed by atoms with Crippen LogP contribution in [0.1, 0.15) is 29.2 Å². The van der Waals surface area contributed by atoms with Crippen molar-refractivity contribution in [3.05, 3.63) is 52.4 Å². The van der Waals surface area contributed by atoms with E-state index in [4.69, 9.17) is 4.74 Å². The zero-order valence-corrected chi connectivity index (χ0v) is 12.0. The quantitative estimate of drug-likeness (QED) is 0.750. The van der Waals surface area contributed by atoms with Crippen LogP contribution in [0.2, 0.25) is 0 Å². The van der Waals surface area contributed by atoms with Crippen molar-refractivity contribution in [3.63, 3.8) is 0 Å². The monoisotopic (exact) mass is 276 g/mol. The lowest BCUT2D eigenvalue weighted by molar-refractivity contribution is 0.105. The molecule has 1 heterocycles.